The number of benzene rings is 3. The van der Waals surface area contributed by atoms with Crippen LogP contribution < -0.4 is 19.3 Å². The van der Waals surface area contributed by atoms with E-state index in [1.54, 1.807) is 12.0 Å². The number of fused-ring (bicyclic) bond motifs is 1. The van der Waals surface area contributed by atoms with Gasteiger partial charge in [-0.3, -0.25) is 9.59 Å². The summed E-state index contributed by atoms with van der Waals surface area (Å²) in [6.07, 6.45) is 0. The molecule has 7 nitrogen and oxygen atoms in total. The third-order valence-electron chi connectivity index (χ3n) is 6.35. The lowest BCUT2D eigenvalue weighted by molar-refractivity contribution is -0.121. The van der Waals surface area contributed by atoms with Crippen molar-refractivity contribution in [3.05, 3.63) is 83.9 Å². The van der Waals surface area contributed by atoms with E-state index in [2.05, 4.69) is 4.90 Å². The monoisotopic (exact) mass is 457 g/mol. The Bertz CT molecular complexity index is 1170. The molecule has 0 unspecified atom stereocenters. The molecule has 7 heteroatoms. The highest BCUT2D eigenvalue weighted by Crippen LogP contribution is 2.32. The number of para-hydroxylation sites is 2. The normalized spacial score (nSPS) is 15.6. The second kappa shape index (κ2) is 9.47. The third kappa shape index (κ3) is 4.41. The van der Waals surface area contributed by atoms with Crippen LogP contribution in [0.25, 0.3) is 0 Å². The fraction of sp³-hybridized carbons (Fsp3) is 0.259. The molecule has 174 valence electrons. The second-order valence-electron chi connectivity index (χ2n) is 8.41. The first-order chi connectivity index (χ1) is 16.6. The number of methoxy groups -OCH3 is 1. The van der Waals surface area contributed by atoms with Gasteiger partial charge < -0.3 is 24.2 Å². The van der Waals surface area contributed by atoms with Crippen LogP contribution in [0.3, 0.4) is 0 Å². The SMILES string of the molecule is COc1ccc(N2CCN(C(=O)c3ccc(CN4C(=O)COc5ccccc54)cc3)CC2)cc1. The molecule has 2 amide bonds. The Kier molecular flexibility index (Phi) is 6.08. The van der Waals surface area contributed by atoms with Gasteiger partial charge in [-0.05, 0) is 54.1 Å². The van der Waals surface area contributed by atoms with Crippen molar-refractivity contribution >= 4 is 23.2 Å². The first kappa shape index (κ1) is 21.8. The van der Waals surface area contributed by atoms with Crippen LogP contribution in [0.4, 0.5) is 11.4 Å². The molecule has 34 heavy (non-hydrogen) atoms. The molecular formula is C27H27N3O4. The van der Waals surface area contributed by atoms with E-state index in [0.717, 1.165) is 35.8 Å². The Hall–Kier alpha value is -4.00. The smallest absolute Gasteiger partial charge is 0.265 e. The Morgan fingerprint density at radius 2 is 1.62 bits per heavy atom. The van der Waals surface area contributed by atoms with E-state index < -0.39 is 0 Å². The summed E-state index contributed by atoms with van der Waals surface area (Å²) in [6, 6.07) is 23.1. The number of hydrogen-bond acceptors (Lipinski definition) is 5. The zero-order valence-corrected chi connectivity index (χ0v) is 19.1. The van der Waals surface area contributed by atoms with Crippen molar-refractivity contribution in [2.45, 2.75) is 6.54 Å². The highest BCUT2D eigenvalue weighted by atomic mass is 16.5. The fourth-order valence-corrected chi connectivity index (χ4v) is 4.41. The maximum atomic E-state index is 13.1. The summed E-state index contributed by atoms with van der Waals surface area (Å²) in [4.78, 5) is 31.4. The highest BCUT2D eigenvalue weighted by Gasteiger charge is 2.26. The number of hydrogen-bond donors (Lipinski definition) is 0. The van der Waals surface area contributed by atoms with Crippen molar-refractivity contribution in [1.29, 1.82) is 0 Å². The number of piperazine rings is 1. The fourth-order valence-electron chi connectivity index (χ4n) is 4.41. The first-order valence-corrected chi connectivity index (χ1v) is 11.4. The molecule has 1 saturated heterocycles. The van der Waals surface area contributed by atoms with Gasteiger partial charge in [0, 0.05) is 37.4 Å². The molecule has 2 aliphatic rings. The third-order valence-corrected chi connectivity index (χ3v) is 6.35. The van der Waals surface area contributed by atoms with E-state index in [4.69, 9.17) is 9.47 Å². The van der Waals surface area contributed by atoms with Crippen molar-refractivity contribution < 1.29 is 19.1 Å². The van der Waals surface area contributed by atoms with Gasteiger partial charge >= 0.3 is 0 Å². The molecule has 3 aromatic carbocycles. The number of rotatable bonds is 5. The largest absolute Gasteiger partial charge is 0.497 e. The van der Waals surface area contributed by atoms with Gasteiger partial charge in [-0.1, -0.05) is 24.3 Å². The maximum Gasteiger partial charge on any atom is 0.265 e. The van der Waals surface area contributed by atoms with Crippen LogP contribution in [0.5, 0.6) is 11.5 Å². The van der Waals surface area contributed by atoms with Crippen LogP contribution in [-0.4, -0.2) is 56.6 Å². The van der Waals surface area contributed by atoms with Crippen LogP contribution in [0.1, 0.15) is 15.9 Å². The minimum atomic E-state index is -0.0754. The van der Waals surface area contributed by atoms with E-state index in [1.807, 2.05) is 77.7 Å². The number of nitrogens with zero attached hydrogens (tertiary/aromatic N) is 3. The molecule has 0 aromatic heterocycles. The van der Waals surface area contributed by atoms with Gasteiger partial charge in [0.1, 0.15) is 11.5 Å². The number of anilines is 2. The van der Waals surface area contributed by atoms with Crippen LogP contribution in [0.2, 0.25) is 0 Å². The topological polar surface area (TPSA) is 62.3 Å². The van der Waals surface area contributed by atoms with Crippen LogP contribution >= 0.6 is 0 Å². The first-order valence-electron chi connectivity index (χ1n) is 11.4. The van der Waals surface area contributed by atoms with E-state index >= 15 is 0 Å². The summed E-state index contributed by atoms with van der Waals surface area (Å²) in [5, 5.41) is 0. The summed E-state index contributed by atoms with van der Waals surface area (Å²) in [5.41, 5.74) is 3.53. The van der Waals surface area contributed by atoms with E-state index in [9.17, 15) is 9.59 Å². The predicted octanol–water partition coefficient (Wildman–Crippen LogP) is 3.58. The lowest BCUT2D eigenvalue weighted by atomic mass is 10.1. The van der Waals surface area contributed by atoms with Crippen molar-refractivity contribution in [3.63, 3.8) is 0 Å². The molecule has 0 radical (unpaired) electrons. The van der Waals surface area contributed by atoms with E-state index in [1.165, 1.54) is 0 Å². The van der Waals surface area contributed by atoms with Crippen LogP contribution in [-0.2, 0) is 11.3 Å². The number of amides is 2. The molecule has 0 atom stereocenters. The van der Waals surface area contributed by atoms with Crippen molar-refractivity contribution in [2.24, 2.45) is 0 Å². The van der Waals surface area contributed by atoms with Gasteiger partial charge in [0.2, 0.25) is 0 Å². The maximum absolute atomic E-state index is 13.1. The summed E-state index contributed by atoms with van der Waals surface area (Å²) in [6.45, 7) is 3.39. The minimum Gasteiger partial charge on any atom is -0.497 e. The van der Waals surface area contributed by atoms with Crippen molar-refractivity contribution in [1.82, 2.24) is 4.90 Å². The zero-order chi connectivity index (χ0) is 23.5. The Morgan fingerprint density at radius 3 is 2.32 bits per heavy atom. The Balaban J connectivity index is 1.20. The van der Waals surface area contributed by atoms with E-state index in [0.29, 0.717) is 30.9 Å². The quantitative estimate of drug-likeness (QED) is 0.586. The number of ether oxygens (including phenoxy) is 2. The summed E-state index contributed by atoms with van der Waals surface area (Å²) < 4.78 is 10.7. The summed E-state index contributed by atoms with van der Waals surface area (Å²) in [7, 11) is 1.66. The van der Waals surface area contributed by atoms with Gasteiger partial charge in [-0.25, -0.2) is 0 Å². The molecule has 2 heterocycles. The molecule has 0 aliphatic carbocycles. The molecular weight excluding hydrogens is 430 g/mol. The number of carbonyl (C=O) groups excluding carboxylic acids is 2. The molecule has 5 rings (SSSR count). The molecule has 1 fully saturated rings. The van der Waals surface area contributed by atoms with Crippen LogP contribution in [0.15, 0.2) is 72.8 Å². The molecule has 3 aromatic rings. The lowest BCUT2D eigenvalue weighted by Gasteiger charge is -2.36. The number of carbonyl (C=O) groups is 2. The molecule has 0 spiro atoms. The lowest BCUT2D eigenvalue weighted by Crippen LogP contribution is -2.48. The van der Waals surface area contributed by atoms with Gasteiger partial charge in [0.15, 0.2) is 6.61 Å². The molecule has 0 bridgehead atoms. The van der Waals surface area contributed by atoms with Gasteiger partial charge in [0.25, 0.3) is 11.8 Å². The second-order valence-corrected chi connectivity index (χ2v) is 8.41. The molecule has 0 N–H and O–H groups in total. The van der Waals surface area contributed by atoms with Crippen LogP contribution in [0, 0.1) is 0 Å². The van der Waals surface area contributed by atoms with Crippen molar-refractivity contribution in [3.8, 4) is 11.5 Å². The highest BCUT2D eigenvalue weighted by molar-refractivity contribution is 5.98. The summed E-state index contributed by atoms with van der Waals surface area (Å²) in [5.74, 6) is 1.51. The Morgan fingerprint density at radius 1 is 0.912 bits per heavy atom. The zero-order valence-electron chi connectivity index (χ0n) is 19.1. The Labute approximate surface area is 199 Å². The van der Waals surface area contributed by atoms with Gasteiger partial charge in [-0.2, -0.15) is 0 Å². The van der Waals surface area contributed by atoms with Gasteiger partial charge in [-0.15, -0.1) is 0 Å². The molecule has 0 saturated carbocycles. The summed E-state index contributed by atoms with van der Waals surface area (Å²) >= 11 is 0. The van der Waals surface area contributed by atoms with Gasteiger partial charge in [0.05, 0.1) is 19.3 Å². The minimum absolute atomic E-state index is 0.0359. The average Bonchev–Trinajstić information content (AvgIpc) is 2.90. The van der Waals surface area contributed by atoms with Crippen molar-refractivity contribution in [2.75, 3.05) is 49.7 Å². The predicted molar refractivity (Wildman–Crippen MR) is 131 cm³/mol. The standard InChI is InChI=1S/C27H27N3O4/c1-33-23-12-10-22(11-13-23)28-14-16-29(17-15-28)27(32)21-8-6-20(7-9-21)18-30-24-4-2-3-5-25(24)34-19-26(30)31/h2-13H,14-19H2,1H3. The van der Waals surface area contributed by atoms with E-state index in [-0.39, 0.29) is 18.4 Å². The average molecular weight is 458 g/mol. The molecule has 2 aliphatic heterocycles.